The molecule has 6 heteroatoms. The quantitative estimate of drug-likeness (QED) is 0.680. The average Bonchev–Trinajstić information content (AvgIpc) is 2.41. The van der Waals surface area contributed by atoms with E-state index in [9.17, 15) is 15.2 Å². The number of nitro groups is 1. The highest BCUT2D eigenvalue weighted by molar-refractivity contribution is 6.32. The van der Waals surface area contributed by atoms with Crippen molar-refractivity contribution >= 4 is 17.3 Å². The second-order valence-corrected chi connectivity index (χ2v) is 4.57. The van der Waals surface area contributed by atoms with Crippen LogP contribution in [0.2, 0.25) is 5.02 Å². The van der Waals surface area contributed by atoms with Crippen molar-refractivity contribution < 1.29 is 14.8 Å². The summed E-state index contributed by atoms with van der Waals surface area (Å²) in [6.07, 6.45) is -0.757. The molecule has 1 atom stereocenters. The Balaban J connectivity index is 2.48. The van der Waals surface area contributed by atoms with Gasteiger partial charge in [0.15, 0.2) is 0 Å². The molecule has 1 N–H and O–H groups in total. The highest BCUT2D eigenvalue weighted by atomic mass is 35.5. The zero-order valence-electron chi connectivity index (χ0n) is 10.6. The Morgan fingerprint density at radius 2 is 1.95 bits per heavy atom. The van der Waals surface area contributed by atoms with E-state index in [1.165, 1.54) is 18.2 Å². The summed E-state index contributed by atoms with van der Waals surface area (Å²) in [5.41, 5.74) is 0.305. The van der Waals surface area contributed by atoms with E-state index in [1.807, 2.05) is 0 Å². The lowest BCUT2D eigenvalue weighted by atomic mass is 10.1. The van der Waals surface area contributed by atoms with Crippen LogP contribution >= 0.6 is 11.6 Å². The lowest BCUT2D eigenvalue weighted by Gasteiger charge is -2.13. The Morgan fingerprint density at radius 3 is 2.60 bits per heavy atom. The first-order chi connectivity index (χ1) is 9.50. The highest BCUT2D eigenvalue weighted by Crippen LogP contribution is 2.39. The molecule has 0 saturated heterocycles. The molecule has 0 aliphatic rings. The van der Waals surface area contributed by atoms with Gasteiger partial charge in [-0.25, -0.2) is 0 Å². The van der Waals surface area contributed by atoms with E-state index in [0.717, 1.165) is 0 Å². The molecule has 0 aliphatic heterocycles. The molecule has 0 heterocycles. The molecule has 2 rings (SSSR count). The lowest BCUT2D eigenvalue weighted by molar-refractivity contribution is -0.385. The maximum Gasteiger partial charge on any atom is 0.313 e. The average molecular weight is 294 g/mol. The monoisotopic (exact) mass is 293 g/mol. The first-order valence-corrected chi connectivity index (χ1v) is 6.26. The van der Waals surface area contributed by atoms with Crippen LogP contribution in [-0.4, -0.2) is 10.0 Å². The Labute approximate surface area is 120 Å². The normalized spacial score (nSPS) is 11.9. The number of rotatable bonds is 4. The lowest BCUT2D eigenvalue weighted by Crippen LogP contribution is -1.98. The Morgan fingerprint density at radius 1 is 1.25 bits per heavy atom. The molecule has 0 aliphatic carbocycles. The molecule has 2 aromatic carbocycles. The van der Waals surface area contributed by atoms with Crippen LogP contribution in [0.1, 0.15) is 18.6 Å². The van der Waals surface area contributed by atoms with Crippen molar-refractivity contribution in [2.45, 2.75) is 13.0 Å². The third-order valence-corrected chi connectivity index (χ3v) is 3.02. The third-order valence-electron chi connectivity index (χ3n) is 2.72. The molecule has 0 saturated carbocycles. The van der Waals surface area contributed by atoms with Gasteiger partial charge in [0.05, 0.1) is 16.0 Å². The van der Waals surface area contributed by atoms with Gasteiger partial charge in [0, 0.05) is 11.6 Å². The van der Waals surface area contributed by atoms with Gasteiger partial charge in [0.2, 0.25) is 5.75 Å². The summed E-state index contributed by atoms with van der Waals surface area (Å²) in [7, 11) is 0. The fourth-order valence-electron chi connectivity index (χ4n) is 1.77. The van der Waals surface area contributed by atoms with Crippen LogP contribution < -0.4 is 4.74 Å². The summed E-state index contributed by atoms with van der Waals surface area (Å²) in [6, 6.07) is 11.1. The summed E-state index contributed by atoms with van der Waals surface area (Å²) in [5, 5.41) is 20.8. The van der Waals surface area contributed by atoms with Crippen LogP contribution in [0.5, 0.6) is 11.5 Å². The number of halogens is 1. The Hall–Kier alpha value is -2.11. The zero-order valence-corrected chi connectivity index (χ0v) is 11.4. The molecule has 0 radical (unpaired) electrons. The molecule has 0 fully saturated rings. The van der Waals surface area contributed by atoms with E-state index in [-0.39, 0.29) is 16.5 Å². The molecular formula is C14H12ClNO4. The minimum absolute atomic E-state index is 0.0349. The maximum absolute atomic E-state index is 11.0. The van der Waals surface area contributed by atoms with Crippen molar-refractivity contribution in [3.63, 3.8) is 0 Å². The molecule has 20 heavy (non-hydrogen) atoms. The van der Waals surface area contributed by atoms with Gasteiger partial charge in [0.25, 0.3) is 0 Å². The van der Waals surface area contributed by atoms with E-state index >= 15 is 0 Å². The van der Waals surface area contributed by atoms with Crippen LogP contribution in [0, 0.1) is 10.1 Å². The molecule has 0 unspecified atom stereocenters. The number of aliphatic hydroxyl groups excluding tert-OH is 1. The van der Waals surface area contributed by atoms with Crippen molar-refractivity contribution in [1.82, 2.24) is 0 Å². The second kappa shape index (κ2) is 5.90. The topological polar surface area (TPSA) is 72.6 Å². The van der Waals surface area contributed by atoms with Crippen molar-refractivity contribution in [2.24, 2.45) is 0 Å². The van der Waals surface area contributed by atoms with E-state index < -0.39 is 11.0 Å². The number of hydrogen-bond donors (Lipinski definition) is 1. The summed E-state index contributed by atoms with van der Waals surface area (Å²) in [4.78, 5) is 10.4. The Kier molecular flexibility index (Phi) is 4.22. The predicted octanol–water partition coefficient (Wildman–Crippen LogP) is 4.09. The molecule has 0 aromatic heterocycles. The fourth-order valence-corrected chi connectivity index (χ4v) is 1.98. The number of para-hydroxylation sites is 2. The largest absolute Gasteiger partial charge is 0.448 e. The van der Waals surface area contributed by atoms with Crippen LogP contribution in [0.3, 0.4) is 0 Å². The third kappa shape index (κ3) is 2.89. The first-order valence-electron chi connectivity index (χ1n) is 5.88. The molecule has 0 amide bonds. The Bertz CT molecular complexity index is 643. The number of nitrogens with zero attached hydrogens (tertiary/aromatic N) is 1. The van der Waals surface area contributed by atoms with Crippen molar-refractivity contribution in [3.05, 3.63) is 63.2 Å². The van der Waals surface area contributed by atoms with E-state index in [0.29, 0.717) is 11.3 Å². The van der Waals surface area contributed by atoms with Gasteiger partial charge in [-0.2, -0.15) is 0 Å². The first kappa shape index (κ1) is 14.3. The van der Waals surface area contributed by atoms with Gasteiger partial charge in [-0.3, -0.25) is 10.1 Å². The summed E-state index contributed by atoms with van der Waals surface area (Å²) in [5.74, 6) is 0.297. The standard InChI is InChI=1S/C14H12ClNO4/c1-9(17)10-5-2-3-8-13(10)20-14-11(15)6-4-7-12(14)16(18)19/h2-9,17H,1H3/t9-/m1/s1. The van der Waals surface area contributed by atoms with Gasteiger partial charge in [0.1, 0.15) is 5.75 Å². The van der Waals surface area contributed by atoms with Gasteiger partial charge >= 0.3 is 5.69 Å². The van der Waals surface area contributed by atoms with Crippen molar-refractivity contribution in [1.29, 1.82) is 0 Å². The van der Waals surface area contributed by atoms with Gasteiger partial charge in [-0.1, -0.05) is 35.9 Å². The van der Waals surface area contributed by atoms with Gasteiger partial charge in [-0.05, 0) is 19.1 Å². The molecule has 0 spiro atoms. The summed E-state index contributed by atoms with van der Waals surface area (Å²) >= 11 is 5.96. The predicted molar refractivity (Wildman–Crippen MR) is 75.3 cm³/mol. The smallest absolute Gasteiger partial charge is 0.313 e. The fraction of sp³-hybridized carbons (Fsp3) is 0.143. The number of nitro benzene ring substituents is 1. The summed E-state index contributed by atoms with van der Waals surface area (Å²) in [6.45, 7) is 1.59. The number of aliphatic hydroxyl groups is 1. The number of benzene rings is 2. The molecule has 5 nitrogen and oxygen atoms in total. The van der Waals surface area contributed by atoms with E-state index in [1.54, 1.807) is 31.2 Å². The molecule has 2 aromatic rings. The highest BCUT2D eigenvalue weighted by Gasteiger charge is 2.20. The zero-order chi connectivity index (χ0) is 14.7. The molecule has 104 valence electrons. The van der Waals surface area contributed by atoms with Crippen LogP contribution in [0.25, 0.3) is 0 Å². The van der Waals surface area contributed by atoms with Gasteiger partial charge in [-0.15, -0.1) is 0 Å². The number of hydrogen-bond acceptors (Lipinski definition) is 4. The van der Waals surface area contributed by atoms with E-state index in [2.05, 4.69) is 0 Å². The van der Waals surface area contributed by atoms with Crippen molar-refractivity contribution in [3.8, 4) is 11.5 Å². The maximum atomic E-state index is 11.0. The van der Waals surface area contributed by atoms with Crippen LogP contribution in [0.15, 0.2) is 42.5 Å². The molecule has 0 bridgehead atoms. The summed E-state index contributed by atoms with van der Waals surface area (Å²) < 4.78 is 5.56. The van der Waals surface area contributed by atoms with Crippen LogP contribution in [0.4, 0.5) is 5.69 Å². The minimum Gasteiger partial charge on any atom is -0.448 e. The van der Waals surface area contributed by atoms with Crippen LogP contribution in [-0.2, 0) is 0 Å². The van der Waals surface area contributed by atoms with Crippen molar-refractivity contribution in [2.75, 3.05) is 0 Å². The minimum atomic E-state index is -0.757. The van der Waals surface area contributed by atoms with Gasteiger partial charge < -0.3 is 9.84 Å². The molecular weight excluding hydrogens is 282 g/mol. The van der Waals surface area contributed by atoms with E-state index in [4.69, 9.17) is 16.3 Å². The number of ether oxygens (including phenoxy) is 1. The second-order valence-electron chi connectivity index (χ2n) is 4.16. The SMILES string of the molecule is C[C@@H](O)c1ccccc1Oc1c(Cl)cccc1[N+](=O)[O-].